The van der Waals surface area contributed by atoms with Gasteiger partial charge in [0.15, 0.2) is 0 Å². The van der Waals surface area contributed by atoms with Crippen molar-refractivity contribution in [3.63, 3.8) is 0 Å². The van der Waals surface area contributed by atoms with Crippen molar-refractivity contribution in [1.82, 2.24) is 0 Å². The van der Waals surface area contributed by atoms with Crippen LogP contribution < -0.4 is 0 Å². The zero-order valence-electron chi connectivity index (χ0n) is 9.04. The van der Waals surface area contributed by atoms with E-state index >= 15 is 0 Å². The van der Waals surface area contributed by atoms with Crippen LogP contribution in [0, 0.1) is 6.92 Å². The number of carbonyl (C=O) groups excluding carboxylic acids is 1. The molecule has 0 saturated carbocycles. The molecule has 16 heavy (non-hydrogen) atoms. The highest BCUT2D eigenvalue weighted by atomic mass is 31.2. The molecule has 0 atom stereocenters. The third-order valence-electron chi connectivity index (χ3n) is 2.13. The highest BCUT2D eigenvalue weighted by Gasteiger charge is 2.27. The second kappa shape index (κ2) is 4.74. The molecule has 0 heterocycles. The zero-order chi connectivity index (χ0) is 12.3. The van der Waals surface area contributed by atoms with E-state index in [0.717, 1.165) is 11.6 Å². The summed E-state index contributed by atoms with van der Waals surface area (Å²) in [4.78, 5) is 29.7. The van der Waals surface area contributed by atoms with Crippen molar-refractivity contribution in [2.24, 2.45) is 0 Å². The molecule has 0 unspecified atom stereocenters. The first-order chi connectivity index (χ1) is 7.36. The van der Waals surface area contributed by atoms with Gasteiger partial charge in [0, 0.05) is 5.56 Å². The lowest BCUT2D eigenvalue weighted by atomic mass is 10.1. The van der Waals surface area contributed by atoms with Crippen molar-refractivity contribution >= 4 is 13.4 Å². The maximum atomic E-state index is 11.8. The summed E-state index contributed by atoms with van der Waals surface area (Å²) < 4.78 is 11.0. The van der Waals surface area contributed by atoms with Gasteiger partial charge in [0.1, 0.15) is 5.31 Å². The Morgan fingerprint density at radius 1 is 1.25 bits per heavy atom. The Labute approximate surface area is 93.8 Å². The minimum absolute atomic E-state index is 0.280. The first-order valence-electron chi connectivity index (χ1n) is 4.70. The molecule has 0 aliphatic carbocycles. The average molecular weight is 240 g/mol. The van der Waals surface area contributed by atoms with Crippen molar-refractivity contribution in [3.05, 3.63) is 46.8 Å². The fraction of sp³-hybridized carbons (Fsp3) is 0.182. The van der Waals surface area contributed by atoms with Gasteiger partial charge < -0.3 is 9.79 Å². The van der Waals surface area contributed by atoms with Gasteiger partial charge in [0.25, 0.3) is 0 Å². The van der Waals surface area contributed by atoms with Gasteiger partial charge in [0.05, 0.1) is 0 Å². The summed E-state index contributed by atoms with van der Waals surface area (Å²) in [5.41, 5.74) is 1.26. The van der Waals surface area contributed by atoms with Gasteiger partial charge >= 0.3 is 7.60 Å². The Bertz CT molecular complexity index is 467. The van der Waals surface area contributed by atoms with E-state index in [1.54, 1.807) is 24.3 Å². The van der Waals surface area contributed by atoms with E-state index in [-0.39, 0.29) is 5.56 Å². The van der Waals surface area contributed by atoms with Gasteiger partial charge in [-0.15, -0.1) is 0 Å². The molecular formula is C11H13O4P. The fourth-order valence-corrected chi connectivity index (χ4v) is 2.01. The Kier molecular flexibility index (Phi) is 3.81. The van der Waals surface area contributed by atoms with E-state index in [9.17, 15) is 9.36 Å². The van der Waals surface area contributed by atoms with Gasteiger partial charge in [-0.05, 0) is 13.8 Å². The minimum Gasteiger partial charge on any atom is -0.321 e. The van der Waals surface area contributed by atoms with Crippen molar-refractivity contribution in [3.8, 4) is 0 Å². The molecule has 0 aliphatic rings. The molecule has 1 aromatic rings. The number of Topliss-reactive ketones (excluding diaryl/α,β-unsaturated/α-hetero) is 1. The van der Waals surface area contributed by atoms with Crippen LogP contribution in [0.3, 0.4) is 0 Å². The summed E-state index contributed by atoms with van der Waals surface area (Å²) in [5.74, 6) is -0.629. The maximum absolute atomic E-state index is 11.8. The molecule has 0 saturated heterocycles. The van der Waals surface area contributed by atoms with Crippen LogP contribution in [-0.4, -0.2) is 15.6 Å². The summed E-state index contributed by atoms with van der Waals surface area (Å²) in [6.07, 6.45) is 1.16. The predicted octanol–water partition coefficient (Wildman–Crippen LogP) is 2.26. The van der Waals surface area contributed by atoms with Crippen molar-refractivity contribution in [2.75, 3.05) is 0 Å². The third-order valence-corrected chi connectivity index (χ3v) is 3.22. The van der Waals surface area contributed by atoms with E-state index in [1.807, 2.05) is 6.92 Å². The summed E-state index contributed by atoms with van der Waals surface area (Å²) in [7, 11) is -4.50. The van der Waals surface area contributed by atoms with Crippen LogP contribution in [0.5, 0.6) is 0 Å². The van der Waals surface area contributed by atoms with Gasteiger partial charge in [-0.25, -0.2) is 0 Å². The van der Waals surface area contributed by atoms with Gasteiger partial charge in [0.2, 0.25) is 5.78 Å². The predicted molar refractivity (Wildman–Crippen MR) is 61.3 cm³/mol. The number of aryl methyl sites for hydroxylation is 1. The summed E-state index contributed by atoms with van der Waals surface area (Å²) in [5, 5.41) is -0.462. The SMILES string of the molecule is CC=C(C(=O)c1ccc(C)cc1)P(=O)(O)O. The summed E-state index contributed by atoms with van der Waals surface area (Å²) in [6, 6.07) is 6.55. The van der Waals surface area contributed by atoms with Crippen molar-refractivity contribution in [2.45, 2.75) is 13.8 Å². The number of hydrogen-bond donors (Lipinski definition) is 2. The van der Waals surface area contributed by atoms with Crippen molar-refractivity contribution in [1.29, 1.82) is 0 Å². The van der Waals surface area contributed by atoms with Crippen LogP contribution in [-0.2, 0) is 4.57 Å². The molecule has 0 spiro atoms. The Balaban J connectivity index is 3.12. The first kappa shape index (κ1) is 12.8. The second-order valence-electron chi connectivity index (χ2n) is 3.41. The smallest absolute Gasteiger partial charge is 0.321 e. The second-order valence-corrected chi connectivity index (χ2v) is 4.98. The zero-order valence-corrected chi connectivity index (χ0v) is 9.94. The number of ketones is 1. The highest BCUT2D eigenvalue weighted by Crippen LogP contribution is 2.46. The highest BCUT2D eigenvalue weighted by molar-refractivity contribution is 7.58. The molecule has 1 aromatic carbocycles. The third kappa shape index (κ3) is 2.89. The molecule has 1 rings (SSSR count). The molecular weight excluding hydrogens is 227 g/mol. The largest absolute Gasteiger partial charge is 0.359 e. The molecule has 4 nitrogen and oxygen atoms in total. The molecule has 0 radical (unpaired) electrons. The quantitative estimate of drug-likeness (QED) is 0.482. The lowest BCUT2D eigenvalue weighted by Gasteiger charge is -2.07. The molecule has 0 bridgehead atoms. The van der Waals surface area contributed by atoms with Crippen LogP contribution in [0.4, 0.5) is 0 Å². The standard InChI is InChI=1S/C11H13O4P/c1-3-10(16(13,14)15)11(12)9-6-4-8(2)5-7-9/h3-7H,1-2H3,(H2,13,14,15). The Morgan fingerprint density at radius 2 is 1.75 bits per heavy atom. The molecule has 0 amide bonds. The van der Waals surface area contributed by atoms with Crippen LogP contribution in [0.25, 0.3) is 0 Å². The fourth-order valence-electron chi connectivity index (χ4n) is 1.28. The summed E-state index contributed by atoms with van der Waals surface area (Å²) >= 11 is 0. The number of benzene rings is 1. The van der Waals surface area contributed by atoms with Crippen LogP contribution in [0.2, 0.25) is 0 Å². The molecule has 0 aromatic heterocycles. The van der Waals surface area contributed by atoms with Crippen LogP contribution in [0.15, 0.2) is 35.7 Å². The van der Waals surface area contributed by atoms with E-state index in [4.69, 9.17) is 9.79 Å². The Morgan fingerprint density at radius 3 is 2.12 bits per heavy atom. The number of allylic oxidation sites excluding steroid dienone is 2. The minimum atomic E-state index is -4.50. The lowest BCUT2D eigenvalue weighted by Crippen LogP contribution is -2.04. The Hall–Kier alpha value is -1.22. The van der Waals surface area contributed by atoms with Gasteiger partial charge in [-0.1, -0.05) is 35.9 Å². The number of carbonyl (C=O) groups is 1. The normalized spacial score (nSPS) is 12.6. The van der Waals surface area contributed by atoms with Crippen molar-refractivity contribution < 1.29 is 19.1 Å². The lowest BCUT2D eigenvalue weighted by molar-refractivity contribution is 0.103. The number of rotatable bonds is 3. The molecule has 5 heteroatoms. The summed E-state index contributed by atoms with van der Waals surface area (Å²) in [6.45, 7) is 3.30. The van der Waals surface area contributed by atoms with Gasteiger partial charge in [-0.2, -0.15) is 0 Å². The van der Waals surface area contributed by atoms with E-state index in [1.165, 1.54) is 6.92 Å². The average Bonchev–Trinajstić information content (AvgIpc) is 2.17. The topological polar surface area (TPSA) is 74.6 Å². The molecule has 86 valence electrons. The first-order valence-corrected chi connectivity index (χ1v) is 6.31. The molecule has 2 N–H and O–H groups in total. The van der Waals surface area contributed by atoms with E-state index in [2.05, 4.69) is 0 Å². The monoisotopic (exact) mass is 240 g/mol. The van der Waals surface area contributed by atoms with Gasteiger partial charge in [-0.3, -0.25) is 9.36 Å². The van der Waals surface area contributed by atoms with Crippen LogP contribution in [0.1, 0.15) is 22.8 Å². The maximum Gasteiger partial charge on any atom is 0.359 e. The molecule has 0 aliphatic heterocycles. The number of hydrogen-bond acceptors (Lipinski definition) is 2. The van der Waals surface area contributed by atoms with E-state index in [0.29, 0.717) is 0 Å². The van der Waals surface area contributed by atoms with Crippen LogP contribution >= 0.6 is 7.60 Å². The molecule has 0 fully saturated rings. The van der Waals surface area contributed by atoms with E-state index < -0.39 is 18.7 Å².